The van der Waals surface area contributed by atoms with Gasteiger partial charge in [-0.25, -0.2) is 0 Å². The molecule has 1 aromatic carbocycles. The lowest BCUT2D eigenvalue weighted by atomic mass is 10.1. The maximum atomic E-state index is 5.44. The number of morpholine rings is 1. The van der Waals surface area contributed by atoms with E-state index in [4.69, 9.17) is 14.1 Å². The smallest absolute Gasteiger partial charge is 0.191 e. The summed E-state index contributed by atoms with van der Waals surface area (Å²) in [4.78, 5) is 10.6. The molecule has 1 aliphatic heterocycles. The Kier molecular flexibility index (Phi) is 9.89. The van der Waals surface area contributed by atoms with Gasteiger partial charge in [-0.3, -0.25) is 9.89 Å². The number of furan rings is 1. The van der Waals surface area contributed by atoms with Crippen LogP contribution in [0, 0.1) is 6.92 Å². The van der Waals surface area contributed by atoms with Crippen molar-refractivity contribution in [3.05, 3.63) is 59.7 Å². The standard InChI is InChI=1S/C24H33N5O2.HI/c1-19-4-2-6-22-23(19)20(18-28-22)7-9-25-24(26-10-8-21-5-3-15-31-21)27-11-12-29-13-16-30-17-14-29;/h2-6,15,18,28H,7-14,16-17H2,1H3,(H2,25,26,27);1H. The van der Waals surface area contributed by atoms with Gasteiger partial charge < -0.3 is 24.8 Å². The fraction of sp³-hybridized carbons (Fsp3) is 0.458. The molecule has 1 saturated heterocycles. The van der Waals surface area contributed by atoms with Crippen LogP contribution in [0.1, 0.15) is 16.9 Å². The summed E-state index contributed by atoms with van der Waals surface area (Å²) in [5, 5.41) is 8.30. The van der Waals surface area contributed by atoms with Crippen LogP contribution < -0.4 is 10.6 Å². The van der Waals surface area contributed by atoms with Crippen LogP contribution in [0.3, 0.4) is 0 Å². The number of nitrogens with zero attached hydrogens (tertiary/aromatic N) is 2. The van der Waals surface area contributed by atoms with Crippen LogP contribution in [0.2, 0.25) is 0 Å². The van der Waals surface area contributed by atoms with Gasteiger partial charge in [-0.05, 0) is 42.7 Å². The van der Waals surface area contributed by atoms with Crippen molar-refractivity contribution in [3.63, 3.8) is 0 Å². The Bertz CT molecular complexity index is 964. The predicted molar refractivity (Wildman–Crippen MR) is 140 cm³/mol. The van der Waals surface area contributed by atoms with E-state index in [1.165, 1.54) is 22.0 Å². The zero-order valence-corrected chi connectivity index (χ0v) is 21.1. The number of hydrogen-bond acceptors (Lipinski definition) is 4. The minimum atomic E-state index is 0. The van der Waals surface area contributed by atoms with Gasteiger partial charge in [-0.15, -0.1) is 24.0 Å². The Hall–Kier alpha value is -2.04. The number of nitrogens with one attached hydrogen (secondary N) is 3. The molecule has 3 N–H and O–H groups in total. The fourth-order valence-corrected chi connectivity index (χ4v) is 4.03. The summed E-state index contributed by atoms with van der Waals surface area (Å²) >= 11 is 0. The fourth-order valence-electron chi connectivity index (χ4n) is 4.03. The Morgan fingerprint density at radius 1 is 1.09 bits per heavy atom. The molecule has 1 fully saturated rings. The van der Waals surface area contributed by atoms with Crippen LogP contribution >= 0.6 is 24.0 Å². The number of benzene rings is 1. The second kappa shape index (κ2) is 12.9. The molecule has 32 heavy (non-hydrogen) atoms. The summed E-state index contributed by atoms with van der Waals surface area (Å²) in [5.74, 6) is 1.84. The van der Waals surface area contributed by atoms with Gasteiger partial charge in [0.25, 0.3) is 0 Å². The predicted octanol–water partition coefficient (Wildman–Crippen LogP) is 3.34. The van der Waals surface area contributed by atoms with Crippen molar-refractivity contribution < 1.29 is 9.15 Å². The van der Waals surface area contributed by atoms with Crippen molar-refractivity contribution in [1.29, 1.82) is 0 Å². The van der Waals surface area contributed by atoms with Gasteiger partial charge in [0.1, 0.15) is 5.76 Å². The highest BCUT2D eigenvalue weighted by Crippen LogP contribution is 2.22. The lowest BCUT2D eigenvalue weighted by molar-refractivity contribution is 0.0394. The second-order valence-electron chi connectivity index (χ2n) is 7.93. The van der Waals surface area contributed by atoms with Crippen LogP contribution in [0.5, 0.6) is 0 Å². The van der Waals surface area contributed by atoms with E-state index in [9.17, 15) is 0 Å². The number of rotatable bonds is 9. The zero-order chi connectivity index (χ0) is 21.3. The van der Waals surface area contributed by atoms with Gasteiger partial charge >= 0.3 is 0 Å². The largest absolute Gasteiger partial charge is 0.469 e. The van der Waals surface area contributed by atoms with E-state index in [2.05, 4.69) is 51.8 Å². The van der Waals surface area contributed by atoms with Gasteiger partial charge in [0, 0.05) is 56.2 Å². The molecule has 0 aliphatic carbocycles. The first-order valence-corrected chi connectivity index (χ1v) is 11.2. The van der Waals surface area contributed by atoms with Crippen molar-refractivity contribution in [2.24, 2.45) is 4.99 Å². The van der Waals surface area contributed by atoms with E-state index >= 15 is 0 Å². The van der Waals surface area contributed by atoms with Crippen molar-refractivity contribution in [3.8, 4) is 0 Å². The van der Waals surface area contributed by atoms with Crippen LogP contribution in [-0.4, -0.2) is 68.3 Å². The minimum absolute atomic E-state index is 0. The number of aliphatic imine (C=N–C) groups is 1. The van der Waals surface area contributed by atoms with E-state index in [0.29, 0.717) is 0 Å². The normalized spacial score (nSPS) is 15.0. The molecule has 7 nitrogen and oxygen atoms in total. The summed E-state index contributed by atoms with van der Waals surface area (Å²) in [7, 11) is 0. The van der Waals surface area contributed by atoms with Crippen LogP contribution in [-0.2, 0) is 17.6 Å². The number of H-pyrrole nitrogens is 1. The number of ether oxygens (including phenoxy) is 1. The molecule has 0 spiro atoms. The maximum Gasteiger partial charge on any atom is 0.191 e. The molecule has 0 radical (unpaired) electrons. The molecule has 4 rings (SSSR count). The molecule has 2 aromatic heterocycles. The zero-order valence-electron chi connectivity index (χ0n) is 18.7. The third-order valence-corrected chi connectivity index (χ3v) is 5.72. The average Bonchev–Trinajstić information content (AvgIpc) is 3.45. The number of halogens is 1. The summed E-state index contributed by atoms with van der Waals surface area (Å²) in [6.45, 7) is 9.11. The number of aryl methyl sites for hydroxylation is 1. The van der Waals surface area contributed by atoms with E-state index in [-0.39, 0.29) is 24.0 Å². The second-order valence-corrected chi connectivity index (χ2v) is 7.93. The number of fused-ring (bicyclic) bond motifs is 1. The van der Waals surface area contributed by atoms with Crippen LogP contribution in [0.15, 0.2) is 52.2 Å². The number of guanidine groups is 1. The topological polar surface area (TPSA) is 77.8 Å². The Balaban J connectivity index is 0.00000289. The van der Waals surface area contributed by atoms with E-state index in [1.807, 2.05) is 12.1 Å². The molecule has 0 unspecified atom stereocenters. The molecular formula is C24H34IN5O2. The monoisotopic (exact) mass is 551 g/mol. The molecule has 174 valence electrons. The molecule has 3 aromatic rings. The summed E-state index contributed by atoms with van der Waals surface area (Å²) in [5.41, 5.74) is 3.85. The first-order valence-electron chi connectivity index (χ1n) is 11.2. The SMILES string of the molecule is Cc1cccc2[nH]cc(CCNC(=NCCN3CCOCC3)NCCc3ccco3)c12.I. The van der Waals surface area contributed by atoms with Gasteiger partial charge in [-0.1, -0.05) is 12.1 Å². The number of hydrogen-bond donors (Lipinski definition) is 3. The quantitative estimate of drug-likeness (QED) is 0.216. The summed E-state index contributed by atoms with van der Waals surface area (Å²) in [6, 6.07) is 10.3. The molecular weight excluding hydrogens is 517 g/mol. The molecule has 0 saturated carbocycles. The highest BCUT2D eigenvalue weighted by atomic mass is 127. The third-order valence-electron chi connectivity index (χ3n) is 5.72. The lowest BCUT2D eigenvalue weighted by Gasteiger charge is -2.25. The van der Waals surface area contributed by atoms with Crippen LogP contribution in [0.25, 0.3) is 10.9 Å². The van der Waals surface area contributed by atoms with Crippen molar-refractivity contribution >= 4 is 40.8 Å². The molecule has 0 amide bonds. The van der Waals surface area contributed by atoms with Gasteiger partial charge in [0.05, 0.1) is 26.0 Å². The molecule has 8 heteroatoms. The Morgan fingerprint density at radius 2 is 1.91 bits per heavy atom. The highest BCUT2D eigenvalue weighted by molar-refractivity contribution is 14.0. The average molecular weight is 551 g/mol. The first-order chi connectivity index (χ1) is 15.3. The van der Waals surface area contributed by atoms with Crippen LogP contribution in [0.4, 0.5) is 0 Å². The van der Waals surface area contributed by atoms with E-state index < -0.39 is 0 Å². The van der Waals surface area contributed by atoms with Crippen molar-refractivity contribution in [2.45, 2.75) is 19.8 Å². The van der Waals surface area contributed by atoms with Gasteiger partial charge in [0.15, 0.2) is 5.96 Å². The molecule has 0 atom stereocenters. The Labute approximate surface area is 207 Å². The molecule has 0 bridgehead atoms. The number of aromatic amines is 1. The minimum Gasteiger partial charge on any atom is -0.469 e. The van der Waals surface area contributed by atoms with Crippen molar-refractivity contribution in [2.75, 3.05) is 52.5 Å². The summed E-state index contributed by atoms with van der Waals surface area (Å²) < 4.78 is 10.9. The van der Waals surface area contributed by atoms with Gasteiger partial charge in [-0.2, -0.15) is 0 Å². The first kappa shape index (κ1) is 24.6. The Morgan fingerprint density at radius 3 is 2.69 bits per heavy atom. The number of aromatic nitrogens is 1. The third kappa shape index (κ3) is 6.98. The molecule has 3 heterocycles. The lowest BCUT2D eigenvalue weighted by Crippen LogP contribution is -2.41. The highest BCUT2D eigenvalue weighted by Gasteiger charge is 2.10. The van der Waals surface area contributed by atoms with E-state index in [1.54, 1.807) is 6.26 Å². The molecule has 1 aliphatic rings. The maximum absolute atomic E-state index is 5.44. The van der Waals surface area contributed by atoms with Crippen molar-refractivity contribution in [1.82, 2.24) is 20.5 Å². The summed E-state index contributed by atoms with van der Waals surface area (Å²) in [6.07, 6.45) is 5.61. The van der Waals surface area contributed by atoms with E-state index in [0.717, 1.165) is 77.0 Å². The van der Waals surface area contributed by atoms with Gasteiger partial charge in [0.2, 0.25) is 0 Å².